The molecule has 0 unspecified atom stereocenters. The number of hydrogen-bond donors (Lipinski definition) is 0. The molecule has 0 saturated heterocycles. The van der Waals surface area contributed by atoms with E-state index in [1.807, 2.05) is 0 Å². The minimum absolute atomic E-state index is 0.0942. The topological polar surface area (TPSA) is 55.8 Å². The molecule has 0 rings (SSSR count). The largest absolute Gasteiger partial charge is 0.465 e. The second kappa shape index (κ2) is 7.23. The normalized spacial score (nSPS) is 10.5. The predicted molar refractivity (Wildman–Crippen MR) is 55.4 cm³/mol. The standard InChI is InChI=1S/C10H19NO4/c1-5-14-9(12)6-11(4)7-10(13)15-8(2)3/h8H,5-7H2,1-4H3. The molecular formula is C10H19NO4. The van der Waals surface area contributed by atoms with Gasteiger partial charge < -0.3 is 9.47 Å². The minimum Gasteiger partial charge on any atom is -0.465 e. The van der Waals surface area contributed by atoms with E-state index in [1.54, 1.807) is 32.7 Å². The zero-order chi connectivity index (χ0) is 11.8. The summed E-state index contributed by atoms with van der Waals surface area (Å²) in [5.41, 5.74) is 0. The first-order chi connectivity index (χ1) is 6.95. The third-order valence-corrected chi connectivity index (χ3v) is 1.47. The van der Waals surface area contributed by atoms with Crippen molar-refractivity contribution in [2.45, 2.75) is 26.9 Å². The molecule has 88 valence electrons. The molecule has 0 atom stereocenters. The van der Waals surface area contributed by atoms with Crippen molar-refractivity contribution in [3.63, 3.8) is 0 Å². The molecule has 0 aromatic heterocycles. The fourth-order valence-electron chi connectivity index (χ4n) is 1.00. The van der Waals surface area contributed by atoms with Gasteiger partial charge in [-0.3, -0.25) is 14.5 Å². The molecule has 0 aliphatic carbocycles. The second-order valence-corrected chi connectivity index (χ2v) is 3.52. The predicted octanol–water partition coefficient (Wildman–Crippen LogP) is 0.433. The van der Waals surface area contributed by atoms with Gasteiger partial charge in [0.25, 0.3) is 0 Å². The fraction of sp³-hybridized carbons (Fsp3) is 0.800. The molecule has 0 fully saturated rings. The molecular weight excluding hydrogens is 198 g/mol. The van der Waals surface area contributed by atoms with Crippen LogP contribution in [-0.2, 0) is 19.1 Å². The van der Waals surface area contributed by atoms with Crippen LogP contribution in [0.25, 0.3) is 0 Å². The van der Waals surface area contributed by atoms with Crippen LogP contribution in [0, 0.1) is 0 Å². The molecule has 5 nitrogen and oxygen atoms in total. The number of nitrogens with zero attached hydrogens (tertiary/aromatic N) is 1. The number of ether oxygens (including phenoxy) is 2. The first-order valence-corrected chi connectivity index (χ1v) is 4.99. The highest BCUT2D eigenvalue weighted by Gasteiger charge is 2.12. The van der Waals surface area contributed by atoms with E-state index < -0.39 is 0 Å². The Labute approximate surface area is 90.3 Å². The lowest BCUT2D eigenvalue weighted by Gasteiger charge is -2.15. The summed E-state index contributed by atoms with van der Waals surface area (Å²) in [6.07, 6.45) is -0.131. The van der Waals surface area contributed by atoms with Crippen molar-refractivity contribution < 1.29 is 19.1 Å². The summed E-state index contributed by atoms with van der Waals surface area (Å²) in [5.74, 6) is -0.672. The van der Waals surface area contributed by atoms with Gasteiger partial charge in [0.15, 0.2) is 0 Å². The van der Waals surface area contributed by atoms with E-state index in [4.69, 9.17) is 9.47 Å². The van der Waals surface area contributed by atoms with Gasteiger partial charge in [0.1, 0.15) is 0 Å². The van der Waals surface area contributed by atoms with Crippen LogP contribution in [0.1, 0.15) is 20.8 Å². The van der Waals surface area contributed by atoms with Crippen LogP contribution < -0.4 is 0 Å². The maximum absolute atomic E-state index is 11.2. The summed E-state index contributed by atoms with van der Waals surface area (Å²) in [7, 11) is 1.67. The lowest BCUT2D eigenvalue weighted by atomic mass is 10.4. The van der Waals surface area contributed by atoms with Crippen LogP contribution >= 0.6 is 0 Å². The van der Waals surface area contributed by atoms with Crippen molar-refractivity contribution in [1.82, 2.24) is 4.90 Å². The number of rotatable bonds is 6. The Hall–Kier alpha value is -1.10. The molecule has 5 heteroatoms. The smallest absolute Gasteiger partial charge is 0.320 e. The van der Waals surface area contributed by atoms with Crippen molar-refractivity contribution >= 4 is 11.9 Å². The summed E-state index contributed by atoms with van der Waals surface area (Å²) in [4.78, 5) is 23.8. The van der Waals surface area contributed by atoms with E-state index in [9.17, 15) is 9.59 Å². The van der Waals surface area contributed by atoms with E-state index in [2.05, 4.69) is 0 Å². The summed E-state index contributed by atoms with van der Waals surface area (Å²) in [6.45, 7) is 5.85. The molecule has 0 aliphatic heterocycles. The highest BCUT2D eigenvalue weighted by atomic mass is 16.5. The third-order valence-electron chi connectivity index (χ3n) is 1.47. The van der Waals surface area contributed by atoms with Crippen LogP contribution in [-0.4, -0.2) is 49.7 Å². The van der Waals surface area contributed by atoms with E-state index >= 15 is 0 Å². The molecule has 0 spiro atoms. The molecule has 0 N–H and O–H groups in total. The van der Waals surface area contributed by atoms with E-state index in [0.717, 1.165) is 0 Å². The average Bonchev–Trinajstić information content (AvgIpc) is 2.00. The van der Waals surface area contributed by atoms with Crippen molar-refractivity contribution in [1.29, 1.82) is 0 Å². The summed E-state index contributed by atoms with van der Waals surface area (Å²) in [6, 6.07) is 0. The Morgan fingerprint density at radius 2 is 1.73 bits per heavy atom. The van der Waals surface area contributed by atoms with Crippen LogP contribution in [0.4, 0.5) is 0 Å². The summed E-state index contributed by atoms with van der Waals surface area (Å²) >= 11 is 0. The number of hydrogen-bond acceptors (Lipinski definition) is 5. The van der Waals surface area contributed by atoms with Gasteiger partial charge >= 0.3 is 11.9 Å². The summed E-state index contributed by atoms with van der Waals surface area (Å²) < 4.78 is 9.67. The van der Waals surface area contributed by atoms with Gasteiger partial charge in [-0.25, -0.2) is 0 Å². The third kappa shape index (κ3) is 7.93. The average molecular weight is 217 g/mol. The SMILES string of the molecule is CCOC(=O)CN(C)CC(=O)OC(C)C. The van der Waals surface area contributed by atoms with E-state index in [1.165, 1.54) is 0 Å². The maximum Gasteiger partial charge on any atom is 0.320 e. The van der Waals surface area contributed by atoms with Crippen molar-refractivity contribution in [3.05, 3.63) is 0 Å². The second-order valence-electron chi connectivity index (χ2n) is 3.52. The zero-order valence-electron chi connectivity index (χ0n) is 9.78. The molecule has 0 amide bonds. The highest BCUT2D eigenvalue weighted by Crippen LogP contribution is 1.92. The Kier molecular flexibility index (Phi) is 6.70. The monoisotopic (exact) mass is 217 g/mol. The molecule has 0 radical (unpaired) electrons. The van der Waals surface area contributed by atoms with E-state index in [-0.39, 0.29) is 31.1 Å². The van der Waals surface area contributed by atoms with Crippen molar-refractivity contribution in [2.24, 2.45) is 0 Å². The number of likely N-dealkylation sites (N-methyl/N-ethyl adjacent to an activating group) is 1. The molecule has 0 aliphatic rings. The summed E-state index contributed by atoms with van der Waals surface area (Å²) in [5, 5.41) is 0. The number of carbonyl (C=O) groups is 2. The van der Waals surface area contributed by atoms with Crippen LogP contribution in [0.3, 0.4) is 0 Å². The van der Waals surface area contributed by atoms with Gasteiger partial charge in [-0.2, -0.15) is 0 Å². The number of carbonyl (C=O) groups excluding carboxylic acids is 2. The Bertz CT molecular complexity index is 215. The molecule has 0 aromatic rings. The maximum atomic E-state index is 11.2. The van der Waals surface area contributed by atoms with Crippen molar-refractivity contribution in [3.8, 4) is 0 Å². The van der Waals surface area contributed by atoms with Crippen LogP contribution in [0.5, 0.6) is 0 Å². The lowest BCUT2D eigenvalue weighted by Crippen LogP contribution is -2.33. The van der Waals surface area contributed by atoms with Gasteiger partial charge in [-0.15, -0.1) is 0 Å². The Morgan fingerprint density at radius 3 is 2.20 bits per heavy atom. The molecule has 0 bridgehead atoms. The molecule has 0 aromatic carbocycles. The highest BCUT2D eigenvalue weighted by molar-refractivity contribution is 5.75. The van der Waals surface area contributed by atoms with Crippen LogP contribution in [0.15, 0.2) is 0 Å². The van der Waals surface area contributed by atoms with E-state index in [0.29, 0.717) is 6.61 Å². The zero-order valence-corrected chi connectivity index (χ0v) is 9.78. The minimum atomic E-state index is -0.336. The fourth-order valence-corrected chi connectivity index (χ4v) is 1.00. The van der Waals surface area contributed by atoms with Gasteiger partial charge in [-0.05, 0) is 27.8 Å². The van der Waals surface area contributed by atoms with Crippen molar-refractivity contribution in [2.75, 3.05) is 26.7 Å². The number of esters is 2. The quantitative estimate of drug-likeness (QED) is 0.604. The van der Waals surface area contributed by atoms with Crippen LogP contribution in [0.2, 0.25) is 0 Å². The Morgan fingerprint density at radius 1 is 1.20 bits per heavy atom. The molecule has 15 heavy (non-hydrogen) atoms. The molecule has 0 heterocycles. The van der Waals surface area contributed by atoms with Gasteiger partial charge in [0, 0.05) is 0 Å². The Balaban J connectivity index is 3.77. The van der Waals surface area contributed by atoms with Gasteiger partial charge in [0.05, 0.1) is 25.8 Å². The van der Waals surface area contributed by atoms with Gasteiger partial charge in [-0.1, -0.05) is 0 Å². The molecule has 0 saturated carbocycles. The lowest BCUT2D eigenvalue weighted by molar-refractivity contribution is -0.150. The van der Waals surface area contributed by atoms with Gasteiger partial charge in [0.2, 0.25) is 0 Å². The first-order valence-electron chi connectivity index (χ1n) is 4.99. The first kappa shape index (κ1) is 13.9.